The molecule has 2 aromatic carbocycles. The van der Waals surface area contributed by atoms with Crippen LogP contribution in [0.2, 0.25) is 0 Å². The van der Waals surface area contributed by atoms with Crippen molar-refractivity contribution in [2.75, 3.05) is 0 Å². The van der Waals surface area contributed by atoms with Gasteiger partial charge in [-0.3, -0.25) is 4.57 Å². The van der Waals surface area contributed by atoms with Crippen molar-refractivity contribution in [2.24, 2.45) is 0 Å². The molecule has 8 heteroatoms. The number of benzene rings is 2. The highest BCUT2D eigenvalue weighted by Gasteiger charge is 2.51. The maximum Gasteiger partial charge on any atom is 0.399 e. The highest BCUT2D eigenvalue weighted by atomic mass is 79.9. The van der Waals surface area contributed by atoms with E-state index in [0.29, 0.717) is 6.54 Å². The van der Waals surface area contributed by atoms with Gasteiger partial charge in [0.05, 0.1) is 5.52 Å². The lowest BCUT2D eigenvalue weighted by Gasteiger charge is -2.20. The van der Waals surface area contributed by atoms with E-state index in [2.05, 4.69) is 46.5 Å². The fourth-order valence-corrected chi connectivity index (χ4v) is 4.79. The first-order chi connectivity index (χ1) is 12.9. The Morgan fingerprint density at radius 3 is 2.29 bits per heavy atom. The number of hydrogen-bond acceptors (Lipinski definition) is 1. The average Bonchev–Trinajstić information content (AvgIpc) is 2.82. The van der Waals surface area contributed by atoms with Gasteiger partial charge in [-0.1, -0.05) is 40.2 Å². The van der Waals surface area contributed by atoms with Crippen molar-refractivity contribution >= 4 is 34.4 Å². The summed E-state index contributed by atoms with van der Waals surface area (Å²) >= 11 is 3.06. The van der Waals surface area contributed by atoms with Gasteiger partial charge in [0.1, 0.15) is 0 Å². The van der Waals surface area contributed by atoms with Gasteiger partial charge in [0.25, 0.3) is 0 Å². The number of aryl methyl sites for hydroxylation is 3. The minimum atomic E-state index is -5.62. The van der Waals surface area contributed by atoms with Gasteiger partial charge in [-0.25, -0.2) is 0 Å². The van der Waals surface area contributed by atoms with Crippen molar-refractivity contribution in [2.45, 2.75) is 39.9 Å². The van der Waals surface area contributed by atoms with E-state index in [-0.39, 0.29) is 4.47 Å². The average molecular weight is 472 g/mol. The third-order valence-corrected chi connectivity index (χ3v) is 7.02. The summed E-state index contributed by atoms with van der Waals surface area (Å²) in [5, 5.41) is 1.16. The number of nitrogens with zero attached hydrogens (tertiary/aromatic N) is 1. The summed E-state index contributed by atoms with van der Waals surface area (Å²) in [5.41, 5.74) is 1.48. The molecule has 4 nitrogen and oxygen atoms in total. The number of rotatable bonds is 4. The highest BCUT2D eigenvalue weighted by Crippen LogP contribution is 2.60. The molecule has 0 unspecified atom stereocenters. The van der Waals surface area contributed by atoms with Gasteiger partial charge >= 0.3 is 13.3 Å². The predicted molar refractivity (Wildman–Crippen MR) is 110 cm³/mol. The van der Waals surface area contributed by atoms with Crippen molar-refractivity contribution in [1.29, 1.82) is 0 Å². The normalized spacial score (nSPS) is 12.8. The second-order valence-electron chi connectivity index (χ2n) is 7.10. The van der Waals surface area contributed by atoms with Crippen LogP contribution in [-0.4, -0.2) is 14.4 Å². The topological polar surface area (TPSA) is 62.5 Å². The van der Waals surface area contributed by atoms with E-state index in [1.807, 2.05) is 13.8 Å². The fraction of sp³-hybridized carbons (Fsp3) is 0.300. The largest absolute Gasteiger partial charge is 0.399 e. The lowest BCUT2D eigenvalue weighted by molar-refractivity contribution is 0.0557. The molecule has 0 bridgehead atoms. The third-order valence-electron chi connectivity index (χ3n) is 5.39. The molecule has 0 atom stereocenters. The van der Waals surface area contributed by atoms with Gasteiger partial charge in [-0.15, -0.1) is 0 Å². The Morgan fingerprint density at radius 1 is 1.07 bits per heavy atom. The first-order valence-electron chi connectivity index (χ1n) is 8.64. The third kappa shape index (κ3) is 3.35. The molecule has 1 aromatic heterocycles. The van der Waals surface area contributed by atoms with Crippen LogP contribution in [0.25, 0.3) is 10.9 Å². The molecule has 1 heterocycles. The van der Waals surface area contributed by atoms with Gasteiger partial charge in [0.15, 0.2) is 0 Å². The van der Waals surface area contributed by atoms with E-state index in [0.717, 1.165) is 33.8 Å². The summed E-state index contributed by atoms with van der Waals surface area (Å²) in [7, 11) is -5.62. The van der Waals surface area contributed by atoms with Crippen molar-refractivity contribution < 1.29 is 23.1 Å². The Hall–Kier alpha value is -1.53. The molecule has 0 saturated carbocycles. The number of fused-ring (bicyclic) bond motifs is 1. The molecule has 3 rings (SSSR count). The second kappa shape index (κ2) is 7.06. The van der Waals surface area contributed by atoms with Crippen molar-refractivity contribution in [1.82, 2.24) is 4.57 Å². The first kappa shape index (κ1) is 21.2. The van der Waals surface area contributed by atoms with Crippen LogP contribution in [0.4, 0.5) is 8.78 Å². The summed E-state index contributed by atoms with van der Waals surface area (Å²) in [5.74, 6) is 0. The molecule has 0 aliphatic heterocycles. The quantitative estimate of drug-likeness (QED) is 0.464. The standard InChI is InChI=1S/C20H21BrF2NO3P/c1-11-5-7-16-13(3)14(4)24(19(16)12(11)2)10-15-6-8-17(18(21)9-15)20(22,23)28(25,26)27/h5-9H,10H2,1-4H3,(H2,25,26,27). The summed E-state index contributed by atoms with van der Waals surface area (Å²) in [6, 6.07) is 8.23. The molecule has 0 spiro atoms. The van der Waals surface area contributed by atoms with E-state index in [9.17, 15) is 13.3 Å². The minimum absolute atomic E-state index is 0.0305. The van der Waals surface area contributed by atoms with Crippen LogP contribution in [0.15, 0.2) is 34.8 Å². The maximum atomic E-state index is 14.1. The van der Waals surface area contributed by atoms with Crippen molar-refractivity contribution in [3.63, 3.8) is 0 Å². The zero-order chi connectivity index (χ0) is 21.0. The van der Waals surface area contributed by atoms with Gasteiger partial charge in [0.2, 0.25) is 0 Å². The van der Waals surface area contributed by atoms with Gasteiger partial charge in [-0.2, -0.15) is 8.78 Å². The van der Waals surface area contributed by atoms with E-state index >= 15 is 0 Å². The van der Waals surface area contributed by atoms with Crippen LogP contribution in [0.3, 0.4) is 0 Å². The second-order valence-corrected chi connectivity index (χ2v) is 9.60. The van der Waals surface area contributed by atoms with E-state index in [4.69, 9.17) is 9.79 Å². The van der Waals surface area contributed by atoms with Crippen LogP contribution in [0.5, 0.6) is 0 Å². The molecular formula is C20H21BrF2NO3P. The first-order valence-corrected chi connectivity index (χ1v) is 11.0. The Balaban J connectivity index is 2.09. The number of halogens is 3. The Kier molecular flexibility index (Phi) is 5.34. The maximum absolute atomic E-state index is 14.1. The van der Waals surface area contributed by atoms with Crippen LogP contribution in [0, 0.1) is 27.7 Å². The molecule has 2 N–H and O–H groups in total. The van der Waals surface area contributed by atoms with E-state index in [1.54, 1.807) is 0 Å². The molecule has 0 aliphatic rings. The zero-order valence-corrected chi connectivity index (χ0v) is 18.4. The SMILES string of the molecule is Cc1ccc2c(C)c(C)n(Cc3ccc(C(F)(F)P(=O)(O)O)c(Br)c3)c2c1C. The van der Waals surface area contributed by atoms with E-state index in [1.165, 1.54) is 23.3 Å². The lowest BCUT2D eigenvalue weighted by Crippen LogP contribution is -2.15. The smallest absolute Gasteiger partial charge is 0.340 e. The summed E-state index contributed by atoms with van der Waals surface area (Å²) in [4.78, 5) is 18.0. The molecular weight excluding hydrogens is 451 g/mol. The van der Waals surface area contributed by atoms with Crippen LogP contribution >= 0.6 is 23.5 Å². The minimum Gasteiger partial charge on any atom is -0.340 e. The van der Waals surface area contributed by atoms with Crippen molar-refractivity contribution in [3.05, 3.63) is 68.3 Å². The molecule has 150 valence electrons. The molecule has 0 amide bonds. The molecule has 28 heavy (non-hydrogen) atoms. The molecule has 0 saturated heterocycles. The summed E-state index contributed by atoms with van der Waals surface area (Å²) < 4.78 is 41.4. The lowest BCUT2D eigenvalue weighted by atomic mass is 10.0. The molecule has 0 radical (unpaired) electrons. The Bertz CT molecular complexity index is 1130. The predicted octanol–water partition coefficient (Wildman–Crippen LogP) is 5.91. The zero-order valence-electron chi connectivity index (χ0n) is 15.9. The molecule has 0 aliphatic carbocycles. The fourth-order valence-electron chi connectivity index (χ4n) is 3.45. The Labute approximate surface area is 170 Å². The van der Waals surface area contributed by atoms with Crippen LogP contribution in [0.1, 0.15) is 33.5 Å². The summed E-state index contributed by atoms with van der Waals surface area (Å²) in [6.45, 7) is 8.65. The Morgan fingerprint density at radius 2 is 1.71 bits per heavy atom. The van der Waals surface area contributed by atoms with Crippen LogP contribution < -0.4 is 0 Å². The number of alkyl halides is 2. The van der Waals surface area contributed by atoms with Gasteiger partial charge < -0.3 is 14.4 Å². The van der Waals surface area contributed by atoms with Crippen LogP contribution in [-0.2, 0) is 16.8 Å². The van der Waals surface area contributed by atoms with E-state index < -0.39 is 18.8 Å². The summed E-state index contributed by atoms with van der Waals surface area (Å²) in [6.07, 6.45) is 0. The van der Waals surface area contributed by atoms with Gasteiger partial charge in [0, 0.05) is 27.7 Å². The highest BCUT2D eigenvalue weighted by molar-refractivity contribution is 9.10. The number of aromatic nitrogens is 1. The molecule has 3 aromatic rings. The monoisotopic (exact) mass is 471 g/mol. The number of hydrogen-bond donors (Lipinski definition) is 2. The van der Waals surface area contributed by atoms with Crippen molar-refractivity contribution in [3.8, 4) is 0 Å². The van der Waals surface area contributed by atoms with Gasteiger partial charge in [-0.05, 0) is 56.0 Å². The molecule has 0 fully saturated rings.